The van der Waals surface area contributed by atoms with E-state index in [1.54, 1.807) is 0 Å². The highest BCUT2D eigenvalue weighted by Crippen LogP contribution is 2.54. The van der Waals surface area contributed by atoms with Gasteiger partial charge in [0.15, 0.2) is 9.84 Å². The van der Waals surface area contributed by atoms with Crippen LogP contribution in [0.5, 0.6) is 0 Å². The predicted molar refractivity (Wildman–Crippen MR) is 132 cm³/mol. The van der Waals surface area contributed by atoms with Crippen LogP contribution in [0.3, 0.4) is 0 Å². The number of hydrogen-bond donors (Lipinski definition) is 2. The topological polar surface area (TPSA) is 85.0 Å². The number of hydrazine groups is 1. The number of carbonyl (C=O) groups is 1. The van der Waals surface area contributed by atoms with Gasteiger partial charge in [0.05, 0.1) is 23.2 Å². The number of halogens is 4. The van der Waals surface area contributed by atoms with E-state index in [0.29, 0.717) is 37.8 Å². The van der Waals surface area contributed by atoms with Crippen LogP contribution in [0.1, 0.15) is 44.9 Å². The van der Waals surface area contributed by atoms with Gasteiger partial charge in [0.1, 0.15) is 6.04 Å². The summed E-state index contributed by atoms with van der Waals surface area (Å²) in [4.78, 5) is 16.5. The molecule has 0 radical (unpaired) electrons. The van der Waals surface area contributed by atoms with E-state index in [-0.39, 0.29) is 41.1 Å². The molecule has 210 valence electrons. The number of rotatable bonds is 4. The number of sulfone groups is 1. The summed E-state index contributed by atoms with van der Waals surface area (Å²) < 4.78 is 66.4. The lowest BCUT2D eigenvalue weighted by molar-refractivity contribution is -0.202. The Hall–Kier alpha value is -0.660. The maximum absolute atomic E-state index is 14.3. The third-order valence-corrected chi connectivity index (χ3v) is 12.1. The van der Waals surface area contributed by atoms with Gasteiger partial charge in [0.2, 0.25) is 5.91 Å². The van der Waals surface area contributed by atoms with Gasteiger partial charge in [-0.3, -0.25) is 15.0 Å². The highest BCUT2D eigenvalue weighted by molar-refractivity contribution is 7.91. The molecule has 4 heterocycles. The van der Waals surface area contributed by atoms with Crippen molar-refractivity contribution in [3.63, 3.8) is 0 Å². The minimum Gasteiger partial charge on any atom is -0.333 e. The molecule has 6 aliphatic rings. The molecule has 6 fully saturated rings. The van der Waals surface area contributed by atoms with Crippen LogP contribution in [0, 0.1) is 23.7 Å². The number of piperidine rings is 1. The molecule has 13 heteroatoms. The lowest BCUT2D eigenvalue weighted by atomic mass is 9.78. The third kappa shape index (κ3) is 4.81. The van der Waals surface area contributed by atoms with E-state index in [1.807, 2.05) is 0 Å². The lowest BCUT2D eigenvalue weighted by Gasteiger charge is -2.53. The van der Waals surface area contributed by atoms with Gasteiger partial charge in [0, 0.05) is 44.1 Å². The predicted octanol–water partition coefficient (Wildman–Crippen LogP) is 1.76. The Bertz CT molecular complexity index is 992. The fraction of sp³-hybridized carbons (Fsp3) is 0.958. The summed E-state index contributed by atoms with van der Waals surface area (Å²) in [5.41, 5.74) is 3.30. The van der Waals surface area contributed by atoms with Crippen molar-refractivity contribution in [2.24, 2.45) is 23.7 Å². The second-order valence-electron chi connectivity index (χ2n) is 12.1. The Labute approximate surface area is 221 Å². The molecule has 0 spiro atoms. The molecule has 4 aliphatic heterocycles. The molecule has 0 aromatic carbocycles. The Morgan fingerprint density at radius 1 is 1.08 bits per heavy atom. The van der Waals surface area contributed by atoms with Gasteiger partial charge in [-0.15, -0.1) is 11.6 Å². The van der Waals surface area contributed by atoms with Crippen molar-refractivity contribution < 1.29 is 26.4 Å². The fourth-order valence-corrected chi connectivity index (χ4v) is 10.8. The van der Waals surface area contributed by atoms with E-state index in [1.165, 1.54) is 7.05 Å². The number of likely N-dealkylation sites (tertiary alicyclic amines) is 1. The molecule has 2 N–H and O–H groups in total. The number of hydrogen-bond acceptors (Lipinski definition) is 7. The van der Waals surface area contributed by atoms with E-state index in [2.05, 4.69) is 20.7 Å². The summed E-state index contributed by atoms with van der Waals surface area (Å²) in [6, 6.07) is -0.941. The average molecular weight is 568 g/mol. The first-order valence-electron chi connectivity index (χ1n) is 13.7. The second kappa shape index (κ2) is 9.47. The quantitative estimate of drug-likeness (QED) is 0.396. The summed E-state index contributed by atoms with van der Waals surface area (Å²) in [6.07, 6.45) is 0.914. The van der Waals surface area contributed by atoms with Crippen LogP contribution in [0.25, 0.3) is 0 Å². The van der Waals surface area contributed by atoms with Crippen LogP contribution in [0.15, 0.2) is 0 Å². The van der Waals surface area contributed by atoms with Gasteiger partial charge in [-0.1, -0.05) is 0 Å². The van der Waals surface area contributed by atoms with Crippen molar-refractivity contribution in [2.75, 3.05) is 31.6 Å². The number of alkyl halides is 4. The number of amides is 1. The van der Waals surface area contributed by atoms with Gasteiger partial charge in [-0.2, -0.15) is 13.2 Å². The molecule has 0 bridgehead atoms. The molecule has 4 saturated heterocycles. The molecule has 0 aromatic rings. The number of fused-ring (bicyclic) bond motifs is 4. The minimum atomic E-state index is -4.52. The van der Waals surface area contributed by atoms with Gasteiger partial charge in [0.25, 0.3) is 0 Å². The van der Waals surface area contributed by atoms with Crippen molar-refractivity contribution in [3.8, 4) is 0 Å². The standard InChI is InChI=1S/C24H37ClF3N5O3S/c1-31(23(34)21-15-11-37(35,36)12-16(15)21)22(24(26,27)28)13-4-6-14(7-5-13)32-8-2-3-17-18(32)10-29-20-9-19(25)30-33(17)20/h13-22,29-30H,2-12H2,1H3/t13?,14?,15?,16?,17?,18?,19?,20?,21?,22-/m0/s1. The summed E-state index contributed by atoms with van der Waals surface area (Å²) in [5, 5.41) is 5.87. The molecular formula is C24H37ClF3N5O3S. The Morgan fingerprint density at radius 3 is 2.41 bits per heavy atom. The highest BCUT2D eigenvalue weighted by atomic mass is 35.5. The highest BCUT2D eigenvalue weighted by Gasteiger charge is 2.64. The number of nitrogens with one attached hydrogen (secondary N) is 2. The zero-order chi connectivity index (χ0) is 26.3. The molecule has 2 saturated carbocycles. The van der Waals surface area contributed by atoms with Crippen LogP contribution < -0.4 is 10.7 Å². The van der Waals surface area contributed by atoms with Gasteiger partial charge in [-0.25, -0.2) is 18.9 Å². The Morgan fingerprint density at radius 2 is 1.76 bits per heavy atom. The zero-order valence-corrected chi connectivity index (χ0v) is 22.6. The molecule has 1 amide bonds. The van der Waals surface area contributed by atoms with Crippen molar-refractivity contribution in [1.29, 1.82) is 0 Å². The summed E-state index contributed by atoms with van der Waals surface area (Å²) >= 11 is 6.34. The van der Waals surface area contributed by atoms with Crippen LogP contribution in [-0.2, 0) is 14.6 Å². The van der Waals surface area contributed by atoms with Crippen molar-refractivity contribution in [3.05, 3.63) is 0 Å². The summed E-state index contributed by atoms with van der Waals surface area (Å²) in [5.74, 6) is -2.51. The van der Waals surface area contributed by atoms with Crippen LogP contribution in [0.4, 0.5) is 13.2 Å². The monoisotopic (exact) mass is 567 g/mol. The van der Waals surface area contributed by atoms with E-state index in [0.717, 1.165) is 37.3 Å². The zero-order valence-electron chi connectivity index (χ0n) is 21.0. The van der Waals surface area contributed by atoms with Crippen molar-refractivity contribution in [1.82, 2.24) is 25.6 Å². The van der Waals surface area contributed by atoms with E-state index < -0.39 is 39.8 Å². The minimum absolute atomic E-state index is 0.0736. The maximum atomic E-state index is 14.3. The molecule has 0 aromatic heterocycles. The first-order valence-corrected chi connectivity index (χ1v) is 15.9. The van der Waals surface area contributed by atoms with E-state index in [9.17, 15) is 26.4 Å². The van der Waals surface area contributed by atoms with Crippen LogP contribution in [-0.4, -0.2) is 103 Å². The number of carbonyl (C=O) groups excluding carboxylic acids is 1. The van der Waals surface area contributed by atoms with Crippen molar-refractivity contribution >= 4 is 27.3 Å². The number of nitrogens with zero attached hydrogens (tertiary/aromatic N) is 3. The maximum Gasteiger partial charge on any atom is 0.409 e. The van der Waals surface area contributed by atoms with Gasteiger partial charge in [-0.05, 0) is 62.8 Å². The Kier molecular flexibility index (Phi) is 6.80. The SMILES string of the molecule is CN(C(=O)C1C2CS(=O)(=O)CC21)[C@@H](C1CCC(N2CCCC3C2CNC2CC(Cl)NN23)CC1)C(F)(F)F. The Balaban J connectivity index is 1.09. The van der Waals surface area contributed by atoms with E-state index in [4.69, 9.17) is 11.6 Å². The second-order valence-corrected chi connectivity index (χ2v) is 14.8. The largest absolute Gasteiger partial charge is 0.409 e. The fourth-order valence-electron chi connectivity index (χ4n) is 8.32. The lowest BCUT2D eigenvalue weighted by Crippen LogP contribution is -2.70. The molecular weight excluding hydrogens is 531 g/mol. The first-order chi connectivity index (χ1) is 17.4. The smallest absolute Gasteiger partial charge is 0.333 e. The van der Waals surface area contributed by atoms with Crippen LogP contribution in [0.2, 0.25) is 0 Å². The van der Waals surface area contributed by atoms with Crippen molar-refractivity contribution in [2.45, 2.75) is 87.0 Å². The molecule has 37 heavy (non-hydrogen) atoms. The van der Waals surface area contributed by atoms with E-state index >= 15 is 0 Å². The van der Waals surface area contributed by atoms with Gasteiger partial charge < -0.3 is 4.90 Å². The molecule has 6 unspecified atom stereocenters. The first kappa shape index (κ1) is 26.6. The average Bonchev–Trinajstić information content (AvgIpc) is 3.15. The third-order valence-electron chi connectivity index (χ3n) is 10.0. The molecule has 8 nitrogen and oxygen atoms in total. The molecule has 2 aliphatic carbocycles. The summed E-state index contributed by atoms with van der Waals surface area (Å²) in [7, 11) is -1.89. The summed E-state index contributed by atoms with van der Waals surface area (Å²) in [6.45, 7) is 1.81. The molecule has 7 atom stereocenters. The van der Waals surface area contributed by atoms with Crippen LogP contribution >= 0.6 is 11.6 Å². The van der Waals surface area contributed by atoms with Gasteiger partial charge >= 0.3 is 6.18 Å². The normalized spacial score (nSPS) is 44.5. The molecule has 6 rings (SSSR count).